The van der Waals surface area contributed by atoms with Crippen LogP contribution in [0.5, 0.6) is 0 Å². The highest BCUT2D eigenvalue weighted by Crippen LogP contribution is 1.68. The summed E-state index contributed by atoms with van der Waals surface area (Å²) in [4.78, 5) is 0. The van der Waals surface area contributed by atoms with Crippen molar-refractivity contribution in [3.63, 3.8) is 0 Å². The molecule has 8 heteroatoms. The molecule has 0 aromatic heterocycles. The largest absolute Gasteiger partial charge is 0.122 e. The third-order valence-electron chi connectivity index (χ3n) is 0.767. The summed E-state index contributed by atoms with van der Waals surface area (Å²) in [6.07, 6.45) is 0.862. The van der Waals surface area contributed by atoms with E-state index in [4.69, 9.17) is 15.5 Å². The molecule has 0 fully saturated rings. The maximum Gasteiger partial charge on any atom is 0.0435 e. The molecule has 0 saturated heterocycles. The summed E-state index contributed by atoms with van der Waals surface area (Å²) in [5, 5.41) is 0. The lowest BCUT2D eigenvalue weighted by atomic mass is 9.02. The highest BCUT2D eigenvalue weighted by atomic mass is 13.1. The molecule has 9 heavy (non-hydrogen) atoms. The molecule has 0 atom stereocenters. The smallest absolute Gasteiger partial charge is 0.0435 e. The summed E-state index contributed by atoms with van der Waals surface area (Å²) in [6.45, 7) is 0. The zero-order valence-corrected chi connectivity index (χ0v) is 5.33. The standard InChI is InChI=1S/CH2B8/c2-6-4-1-5-8-9-7-3/h1H2. The van der Waals surface area contributed by atoms with Crippen LogP contribution < -0.4 is 0 Å². The lowest BCUT2D eigenvalue weighted by molar-refractivity contribution is 2.10. The second-order valence-corrected chi connectivity index (χ2v) is 1.48. The summed E-state index contributed by atoms with van der Waals surface area (Å²) in [7, 11) is 20.6. The third-order valence-corrected chi connectivity index (χ3v) is 0.767. The van der Waals surface area contributed by atoms with Crippen molar-refractivity contribution in [2.75, 3.05) is 0 Å². The molecule has 0 aliphatic heterocycles. The summed E-state index contributed by atoms with van der Waals surface area (Å²) in [5.41, 5.74) is 0. The molecular weight excluding hydrogens is 98.5 g/mol. The maximum absolute atomic E-state index is 5.09. The van der Waals surface area contributed by atoms with E-state index in [2.05, 4.69) is 0 Å². The van der Waals surface area contributed by atoms with Crippen LogP contribution in [-0.4, -0.2) is 58.1 Å². The molecule has 0 aliphatic rings. The average Bonchev–Trinajstić information content (AvgIpc) is 1.89. The van der Waals surface area contributed by atoms with Crippen LogP contribution in [0.15, 0.2) is 0 Å². The Morgan fingerprint density at radius 3 is 2.22 bits per heavy atom. The van der Waals surface area contributed by atoms with Crippen LogP contribution in [0.2, 0.25) is 6.22 Å². The summed E-state index contributed by atoms with van der Waals surface area (Å²) >= 11 is 0. The molecule has 0 amide bonds. The van der Waals surface area contributed by atoms with Crippen LogP contribution in [-0.2, 0) is 0 Å². The van der Waals surface area contributed by atoms with Crippen molar-refractivity contribution in [1.82, 2.24) is 0 Å². The first-order valence-electron chi connectivity index (χ1n) is 2.82. The topological polar surface area (TPSA) is 0 Å². The highest BCUT2D eigenvalue weighted by molar-refractivity contribution is 7.52. The van der Waals surface area contributed by atoms with E-state index in [1.165, 1.54) is 14.1 Å². The Bertz CT molecular complexity index is 37.8. The van der Waals surface area contributed by atoms with Gasteiger partial charge in [-0.15, -0.1) is 6.22 Å². The van der Waals surface area contributed by atoms with Gasteiger partial charge < -0.3 is 0 Å². The first kappa shape index (κ1) is 9.52. The van der Waals surface area contributed by atoms with Gasteiger partial charge in [0.15, 0.2) is 0 Å². The van der Waals surface area contributed by atoms with Gasteiger partial charge in [0.2, 0.25) is 0 Å². The van der Waals surface area contributed by atoms with E-state index >= 15 is 0 Å². The molecule has 30 valence electrons. The Balaban J connectivity index is 2.60. The predicted octanol–water partition coefficient (Wildman–Crippen LogP) is -2.59. The second kappa shape index (κ2) is 8.52. The minimum atomic E-state index is 0.862. The van der Waals surface area contributed by atoms with Gasteiger partial charge in [-0.05, 0) is 0 Å². The summed E-state index contributed by atoms with van der Waals surface area (Å²) in [5.74, 6) is 0. The maximum atomic E-state index is 5.09. The summed E-state index contributed by atoms with van der Waals surface area (Å²) in [6, 6.07) is 0. The van der Waals surface area contributed by atoms with Gasteiger partial charge in [-0.25, -0.2) is 0 Å². The molecule has 0 spiro atoms. The van der Waals surface area contributed by atoms with Crippen molar-refractivity contribution in [2.24, 2.45) is 0 Å². The molecule has 10 radical (unpaired) electrons. The van der Waals surface area contributed by atoms with E-state index in [1.807, 2.05) is 21.4 Å². The quantitative estimate of drug-likeness (QED) is 0.254. The number of hydrogen-bond acceptors (Lipinski definition) is 0. The molecule has 0 aromatic rings. The average molecular weight is 101 g/mol. The number of hydrogen-bond donors (Lipinski definition) is 0. The van der Waals surface area contributed by atoms with Crippen molar-refractivity contribution < 1.29 is 0 Å². The van der Waals surface area contributed by atoms with E-state index in [0.29, 0.717) is 0 Å². The Labute approximate surface area is 64.9 Å². The van der Waals surface area contributed by atoms with E-state index in [1.54, 1.807) is 7.06 Å². The van der Waals surface area contributed by atoms with Crippen molar-refractivity contribution >= 4 is 58.1 Å². The Hall–Kier alpha value is 0.519. The van der Waals surface area contributed by atoms with Gasteiger partial charge in [0.25, 0.3) is 0 Å². The molecule has 0 saturated carbocycles. The lowest BCUT2D eigenvalue weighted by Gasteiger charge is -1.91. The van der Waals surface area contributed by atoms with E-state index in [0.717, 1.165) is 6.22 Å². The fraction of sp³-hybridized carbons (Fsp3) is 1.00. The van der Waals surface area contributed by atoms with Crippen LogP contribution in [0.1, 0.15) is 0 Å². The normalized spacial score (nSPS) is 7.11. The van der Waals surface area contributed by atoms with Gasteiger partial charge in [0.05, 0.1) is 0 Å². The van der Waals surface area contributed by atoms with Gasteiger partial charge in [-0.1, -0.05) is 0 Å². The minimum absolute atomic E-state index is 0.862. The first-order chi connectivity index (χ1) is 4.41. The molecule has 0 bridgehead atoms. The molecule has 0 unspecified atom stereocenters. The van der Waals surface area contributed by atoms with E-state index in [9.17, 15) is 0 Å². The van der Waals surface area contributed by atoms with Crippen LogP contribution in [0, 0.1) is 0 Å². The van der Waals surface area contributed by atoms with Crippen molar-refractivity contribution in [1.29, 1.82) is 0 Å². The highest BCUT2D eigenvalue weighted by Gasteiger charge is 1.90. The summed E-state index contributed by atoms with van der Waals surface area (Å²) < 4.78 is 0. The number of rotatable bonds is 6. The molecule has 0 rings (SSSR count). The fourth-order valence-electron chi connectivity index (χ4n) is 0.378. The van der Waals surface area contributed by atoms with Crippen LogP contribution in [0.3, 0.4) is 0 Å². The van der Waals surface area contributed by atoms with E-state index < -0.39 is 0 Å². The Morgan fingerprint density at radius 1 is 0.889 bits per heavy atom. The van der Waals surface area contributed by atoms with Gasteiger partial charge in [-0.2, -0.15) is 0 Å². The zero-order valence-electron chi connectivity index (χ0n) is 5.33. The van der Waals surface area contributed by atoms with Gasteiger partial charge >= 0.3 is 0 Å². The molecule has 0 aromatic carbocycles. The third kappa shape index (κ3) is 8.52. The van der Waals surface area contributed by atoms with Gasteiger partial charge in [-0.3, -0.25) is 0 Å². The van der Waals surface area contributed by atoms with Crippen LogP contribution in [0.4, 0.5) is 0 Å². The van der Waals surface area contributed by atoms with Crippen LogP contribution >= 0.6 is 0 Å². The van der Waals surface area contributed by atoms with Gasteiger partial charge in [0, 0.05) is 58.1 Å². The molecule has 0 aliphatic carbocycles. The Morgan fingerprint density at radius 2 is 1.67 bits per heavy atom. The lowest BCUT2D eigenvalue weighted by Crippen LogP contribution is -2.21. The Kier molecular flexibility index (Phi) is 9.01. The van der Waals surface area contributed by atoms with Crippen molar-refractivity contribution in [2.45, 2.75) is 6.22 Å². The van der Waals surface area contributed by atoms with E-state index in [-0.39, 0.29) is 0 Å². The molecule has 0 nitrogen and oxygen atoms in total. The monoisotopic (exact) mass is 102 g/mol. The van der Waals surface area contributed by atoms with Gasteiger partial charge in [0.1, 0.15) is 0 Å². The minimum Gasteiger partial charge on any atom is -0.122 e. The fourth-order valence-corrected chi connectivity index (χ4v) is 0.378. The SMILES string of the molecule is [B][B][B][B][B]C[B][B][B]. The van der Waals surface area contributed by atoms with Crippen molar-refractivity contribution in [3.05, 3.63) is 0 Å². The molecule has 0 heterocycles. The van der Waals surface area contributed by atoms with Crippen molar-refractivity contribution in [3.8, 4) is 0 Å². The van der Waals surface area contributed by atoms with Crippen LogP contribution in [0.25, 0.3) is 0 Å². The molecular formula is CH2B8. The molecule has 0 N–H and O–H groups in total. The zero-order chi connectivity index (χ0) is 6.95. The second-order valence-electron chi connectivity index (χ2n) is 1.48. The predicted molar refractivity (Wildman–Crippen MR) is 50.8 cm³/mol. The first-order valence-corrected chi connectivity index (χ1v) is 2.82.